The molecule has 0 bridgehead atoms. The predicted octanol–water partition coefficient (Wildman–Crippen LogP) is 2.92. The van der Waals surface area contributed by atoms with Crippen LogP contribution in [0.4, 0.5) is 0 Å². The molecule has 0 saturated carbocycles. The molecule has 1 aromatic heterocycles. The Hall–Kier alpha value is -3.00. The van der Waals surface area contributed by atoms with Crippen molar-refractivity contribution in [1.29, 1.82) is 0 Å². The summed E-state index contributed by atoms with van der Waals surface area (Å²) in [7, 11) is 3.16. The van der Waals surface area contributed by atoms with Gasteiger partial charge in [0.1, 0.15) is 0 Å². The molecule has 0 aliphatic heterocycles. The first-order valence-electron chi connectivity index (χ1n) is 8.24. The van der Waals surface area contributed by atoms with E-state index in [9.17, 15) is 4.79 Å². The third-order valence-electron chi connectivity index (χ3n) is 3.97. The van der Waals surface area contributed by atoms with Gasteiger partial charge in [-0.05, 0) is 19.1 Å². The molecular formula is C19H20N4O3S. The lowest BCUT2D eigenvalue weighted by atomic mass is 10.2. The first kappa shape index (κ1) is 18.8. The van der Waals surface area contributed by atoms with Gasteiger partial charge in [-0.1, -0.05) is 42.1 Å². The zero-order valence-electron chi connectivity index (χ0n) is 15.2. The fraction of sp³-hybridized carbons (Fsp3) is 0.211. The monoisotopic (exact) mass is 384 g/mol. The minimum atomic E-state index is -0.447. The number of carbonyl (C=O) groups excluding carboxylic acids is 1. The number of amides is 1. The fourth-order valence-corrected chi connectivity index (χ4v) is 3.35. The molecule has 1 atom stereocenters. The normalized spacial score (nSPS) is 11.8. The van der Waals surface area contributed by atoms with E-state index in [2.05, 4.69) is 10.2 Å². The lowest BCUT2D eigenvalue weighted by Crippen LogP contribution is -2.23. The van der Waals surface area contributed by atoms with E-state index in [-0.39, 0.29) is 0 Å². The number of hydrogen-bond acceptors (Lipinski definition) is 6. The van der Waals surface area contributed by atoms with E-state index in [1.54, 1.807) is 21.1 Å². The second-order valence-electron chi connectivity index (χ2n) is 5.71. The Bertz CT molecular complexity index is 943. The van der Waals surface area contributed by atoms with Crippen LogP contribution in [0.5, 0.6) is 11.5 Å². The van der Waals surface area contributed by atoms with Gasteiger partial charge in [-0.2, -0.15) is 0 Å². The van der Waals surface area contributed by atoms with Gasteiger partial charge in [-0.15, -0.1) is 10.2 Å². The summed E-state index contributed by atoms with van der Waals surface area (Å²) >= 11 is 1.25. The van der Waals surface area contributed by atoms with Crippen molar-refractivity contribution >= 4 is 17.7 Å². The third kappa shape index (κ3) is 3.90. The van der Waals surface area contributed by atoms with Gasteiger partial charge in [0.15, 0.2) is 22.5 Å². The maximum absolute atomic E-state index is 11.5. The largest absolute Gasteiger partial charge is 0.493 e. The van der Waals surface area contributed by atoms with Crippen LogP contribution in [0.3, 0.4) is 0 Å². The van der Waals surface area contributed by atoms with Crippen LogP contribution in [0.2, 0.25) is 0 Å². The number of nitrogens with two attached hydrogens (primary N) is 1. The van der Waals surface area contributed by atoms with Crippen LogP contribution in [0.15, 0.2) is 53.7 Å². The number of carbonyl (C=O) groups is 1. The van der Waals surface area contributed by atoms with Crippen LogP contribution >= 0.6 is 11.8 Å². The van der Waals surface area contributed by atoms with Crippen LogP contribution in [-0.2, 0) is 4.79 Å². The fourth-order valence-electron chi connectivity index (χ4n) is 2.53. The minimum absolute atomic E-state index is 0.414. The summed E-state index contributed by atoms with van der Waals surface area (Å²) in [5, 5.41) is 8.74. The van der Waals surface area contributed by atoms with Gasteiger partial charge in [0, 0.05) is 11.6 Å². The summed E-state index contributed by atoms with van der Waals surface area (Å²) in [5.41, 5.74) is 7.11. The SMILES string of the molecule is COc1ccc(-n2c(SC(C)C(N)=O)nnc2-c2ccccc2)cc1OC. The van der Waals surface area contributed by atoms with Gasteiger partial charge >= 0.3 is 0 Å². The molecule has 140 valence electrons. The number of rotatable bonds is 7. The molecule has 0 aliphatic carbocycles. The van der Waals surface area contributed by atoms with Crippen molar-refractivity contribution in [2.75, 3.05) is 14.2 Å². The van der Waals surface area contributed by atoms with Crippen molar-refractivity contribution in [2.45, 2.75) is 17.3 Å². The number of nitrogens with zero attached hydrogens (tertiary/aromatic N) is 3. The number of thioether (sulfide) groups is 1. The molecule has 0 fully saturated rings. The van der Waals surface area contributed by atoms with Gasteiger partial charge in [0.05, 0.1) is 25.2 Å². The maximum Gasteiger partial charge on any atom is 0.230 e. The van der Waals surface area contributed by atoms with Crippen LogP contribution in [0.25, 0.3) is 17.1 Å². The number of methoxy groups -OCH3 is 2. The lowest BCUT2D eigenvalue weighted by molar-refractivity contribution is -0.117. The Morgan fingerprint density at radius 1 is 1.07 bits per heavy atom. The summed E-state index contributed by atoms with van der Waals surface area (Å²) < 4.78 is 12.6. The van der Waals surface area contributed by atoms with E-state index in [4.69, 9.17) is 15.2 Å². The number of aromatic nitrogens is 3. The number of benzene rings is 2. The molecule has 1 amide bonds. The smallest absolute Gasteiger partial charge is 0.230 e. The van der Waals surface area contributed by atoms with E-state index in [1.807, 2.05) is 53.1 Å². The molecule has 0 saturated heterocycles. The van der Waals surface area contributed by atoms with Crippen molar-refractivity contribution in [1.82, 2.24) is 14.8 Å². The standard InChI is InChI=1S/C19H20N4O3S/c1-12(17(20)24)27-19-22-21-18(13-7-5-4-6-8-13)23(19)14-9-10-15(25-2)16(11-14)26-3/h4-12H,1-3H3,(H2,20,24). The number of primary amides is 1. The topological polar surface area (TPSA) is 92.3 Å². The van der Waals surface area contributed by atoms with Crippen molar-refractivity contribution in [3.63, 3.8) is 0 Å². The highest BCUT2D eigenvalue weighted by molar-refractivity contribution is 8.00. The zero-order chi connectivity index (χ0) is 19.4. The lowest BCUT2D eigenvalue weighted by Gasteiger charge is -2.14. The van der Waals surface area contributed by atoms with Crippen molar-refractivity contribution in [3.8, 4) is 28.6 Å². The molecule has 0 aliphatic rings. The van der Waals surface area contributed by atoms with E-state index >= 15 is 0 Å². The zero-order valence-corrected chi connectivity index (χ0v) is 16.1. The molecule has 2 aromatic carbocycles. The van der Waals surface area contributed by atoms with Gasteiger partial charge in [-0.3, -0.25) is 9.36 Å². The van der Waals surface area contributed by atoms with Crippen molar-refractivity contribution in [3.05, 3.63) is 48.5 Å². The summed E-state index contributed by atoms with van der Waals surface area (Å²) in [6.07, 6.45) is 0. The highest BCUT2D eigenvalue weighted by Gasteiger charge is 2.21. The number of hydrogen-bond donors (Lipinski definition) is 1. The highest BCUT2D eigenvalue weighted by atomic mass is 32.2. The van der Waals surface area contributed by atoms with E-state index in [0.29, 0.717) is 22.5 Å². The van der Waals surface area contributed by atoms with Gasteiger partial charge < -0.3 is 15.2 Å². The molecule has 3 aromatic rings. The molecule has 27 heavy (non-hydrogen) atoms. The van der Waals surface area contributed by atoms with E-state index in [1.165, 1.54) is 11.8 Å². The van der Waals surface area contributed by atoms with Crippen molar-refractivity contribution < 1.29 is 14.3 Å². The average Bonchev–Trinajstić information content (AvgIpc) is 3.11. The average molecular weight is 384 g/mol. The van der Waals surface area contributed by atoms with Gasteiger partial charge in [0.25, 0.3) is 0 Å². The Labute approximate surface area is 161 Å². The van der Waals surface area contributed by atoms with Gasteiger partial charge in [-0.25, -0.2) is 0 Å². The maximum atomic E-state index is 11.5. The molecule has 2 N–H and O–H groups in total. The summed E-state index contributed by atoms with van der Waals surface area (Å²) in [4.78, 5) is 11.5. The highest BCUT2D eigenvalue weighted by Crippen LogP contribution is 2.34. The van der Waals surface area contributed by atoms with Crippen LogP contribution < -0.4 is 15.2 Å². The molecule has 0 radical (unpaired) electrons. The van der Waals surface area contributed by atoms with Crippen LogP contribution in [0.1, 0.15) is 6.92 Å². The Kier molecular flexibility index (Phi) is 5.66. The molecule has 0 spiro atoms. The summed E-state index contributed by atoms with van der Waals surface area (Å²) in [6, 6.07) is 15.2. The van der Waals surface area contributed by atoms with E-state index < -0.39 is 11.2 Å². The quantitative estimate of drug-likeness (QED) is 0.630. The first-order chi connectivity index (χ1) is 13.0. The Balaban J connectivity index is 2.16. The van der Waals surface area contributed by atoms with Crippen LogP contribution in [0, 0.1) is 0 Å². The van der Waals surface area contributed by atoms with Crippen molar-refractivity contribution in [2.24, 2.45) is 5.73 Å². The predicted molar refractivity (Wildman–Crippen MR) is 104 cm³/mol. The first-order valence-corrected chi connectivity index (χ1v) is 9.12. The molecular weight excluding hydrogens is 364 g/mol. The molecule has 1 heterocycles. The van der Waals surface area contributed by atoms with E-state index in [0.717, 1.165) is 11.3 Å². The van der Waals surface area contributed by atoms with Gasteiger partial charge in [0.2, 0.25) is 5.91 Å². The third-order valence-corrected chi connectivity index (χ3v) is 5.03. The summed E-state index contributed by atoms with van der Waals surface area (Å²) in [6.45, 7) is 1.74. The molecule has 1 unspecified atom stereocenters. The second-order valence-corrected chi connectivity index (χ2v) is 7.02. The van der Waals surface area contributed by atoms with Crippen LogP contribution in [-0.4, -0.2) is 40.1 Å². The number of ether oxygens (including phenoxy) is 2. The molecule has 8 heteroatoms. The molecule has 3 rings (SSSR count). The summed E-state index contributed by atoms with van der Waals surface area (Å²) in [5.74, 6) is 1.45. The Morgan fingerprint density at radius 3 is 2.41 bits per heavy atom. The second kappa shape index (κ2) is 8.13. The minimum Gasteiger partial charge on any atom is -0.493 e. The Morgan fingerprint density at radius 2 is 1.78 bits per heavy atom. The molecule has 7 nitrogen and oxygen atoms in total.